The van der Waals surface area contributed by atoms with Gasteiger partial charge in [0.1, 0.15) is 0 Å². The molecule has 0 aliphatic heterocycles. The second kappa shape index (κ2) is 3.66. The predicted molar refractivity (Wildman–Crippen MR) is 51.1 cm³/mol. The molecule has 1 saturated carbocycles. The fraction of sp³-hybridized carbons (Fsp3) is 0.900. The van der Waals surface area contributed by atoms with Gasteiger partial charge in [0.2, 0.25) is 0 Å². The number of nitrogens with two attached hydrogens (primary N) is 1. The molecule has 0 unspecified atom stereocenters. The lowest BCUT2D eigenvalue weighted by Gasteiger charge is -2.39. The summed E-state index contributed by atoms with van der Waals surface area (Å²) in [6, 6.07) is 0.246. The van der Waals surface area contributed by atoms with E-state index < -0.39 is 0 Å². The molecular weight excluding hydrogens is 166 g/mol. The summed E-state index contributed by atoms with van der Waals surface area (Å²) in [6.07, 6.45) is 2.71. The summed E-state index contributed by atoms with van der Waals surface area (Å²) in [7, 11) is 1.45. The Hall–Kier alpha value is -0.570. The first-order chi connectivity index (χ1) is 5.97. The first-order valence-electron chi connectivity index (χ1n) is 4.81. The fourth-order valence-electron chi connectivity index (χ4n) is 2.27. The molecule has 0 bridgehead atoms. The zero-order valence-electron chi connectivity index (χ0n) is 8.67. The SMILES string of the molecule is COC(=O)[C@H]1CC[C@@H](N)CC1(C)C. The number of esters is 1. The van der Waals surface area contributed by atoms with E-state index in [0.29, 0.717) is 0 Å². The van der Waals surface area contributed by atoms with Gasteiger partial charge < -0.3 is 10.5 Å². The number of hydrogen-bond acceptors (Lipinski definition) is 3. The first kappa shape index (κ1) is 10.5. The maximum atomic E-state index is 11.4. The van der Waals surface area contributed by atoms with Gasteiger partial charge in [0.05, 0.1) is 13.0 Å². The van der Waals surface area contributed by atoms with Crippen LogP contribution in [0.3, 0.4) is 0 Å². The van der Waals surface area contributed by atoms with Gasteiger partial charge >= 0.3 is 5.97 Å². The van der Waals surface area contributed by atoms with Crippen molar-refractivity contribution < 1.29 is 9.53 Å². The quantitative estimate of drug-likeness (QED) is 0.627. The van der Waals surface area contributed by atoms with Crippen molar-refractivity contribution in [2.45, 2.75) is 39.2 Å². The Morgan fingerprint density at radius 3 is 2.54 bits per heavy atom. The summed E-state index contributed by atoms with van der Waals surface area (Å²) in [5.74, 6) is -0.0609. The van der Waals surface area contributed by atoms with E-state index >= 15 is 0 Å². The van der Waals surface area contributed by atoms with Gasteiger partial charge in [-0.15, -0.1) is 0 Å². The van der Waals surface area contributed by atoms with Crippen LogP contribution in [0.4, 0.5) is 0 Å². The second-order valence-corrected chi connectivity index (χ2v) is 4.61. The van der Waals surface area contributed by atoms with Gasteiger partial charge in [-0.05, 0) is 24.7 Å². The van der Waals surface area contributed by atoms with E-state index in [-0.39, 0.29) is 23.3 Å². The lowest BCUT2D eigenvalue weighted by atomic mass is 9.67. The molecule has 13 heavy (non-hydrogen) atoms. The van der Waals surface area contributed by atoms with Gasteiger partial charge in [-0.3, -0.25) is 4.79 Å². The normalized spacial score (nSPS) is 32.6. The van der Waals surface area contributed by atoms with Crippen molar-refractivity contribution in [1.82, 2.24) is 0 Å². The van der Waals surface area contributed by atoms with Crippen LogP contribution in [0.25, 0.3) is 0 Å². The van der Waals surface area contributed by atoms with E-state index in [1.807, 2.05) is 0 Å². The third kappa shape index (κ3) is 2.21. The summed E-state index contributed by atoms with van der Waals surface area (Å²) in [5.41, 5.74) is 5.85. The van der Waals surface area contributed by atoms with Gasteiger partial charge in [-0.25, -0.2) is 0 Å². The van der Waals surface area contributed by atoms with Crippen LogP contribution >= 0.6 is 0 Å². The summed E-state index contributed by atoms with van der Waals surface area (Å²) < 4.78 is 4.78. The molecule has 3 heteroatoms. The molecule has 0 aromatic carbocycles. The van der Waals surface area contributed by atoms with Crippen molar-refractivity contribution >= 4 is 5.97 Å². The fourth-order valence-corrected chi connectivity index (χ4v) is 2.27. The van der Waals surface area contributed by atoms with E-state index in [2.05, 4.69) is 13.8 Å². The van der Waals surface area contributed by atoms with Gasteiger partial charge in [0, 0.05) is 6.04 Å². The topological polar surface area (TPSA) is 52.3 Å². The molecule has 2 N–H and O–H groups in total. The minimum atomic E-state index is -0.0862. The van der Waals surface area contributed by atoms with Crippen LogP contribution < -0.4 is 5.73 Å². The van der Waals surface area contributed by atoms with Gasteiger partial charge in [0.15, 0.2) is 0 Å². The van der Waals surface area contributed by atoms with Crippen LogP contribution in [0, 0.1) is 11.3 Å². The Bertz CT molecular complexity index is 201. The minimum Gasteiger partial charge on any atom is -0.469 e. The summed E-state index contributed by atoms with van der Waals surface area (Å²) in [4.78, 5) is 11.4. The van der Waals surface area contributed by atoms with Gasteiger partial charge in [-0.1, -0.05) is 13.8 Å². The third-order valence-electron chi connectivity index (χ3n) is 3.04. The highest BCUT2D eigenvalue weighted by Gasteiger charge is 2.40. The molecule has 0 aromatic rings. The molecule has 1 aliphatic carbocycles. The van der Waals surface area contributed by atoms with Crippen LogP contribution in [0.5, 0.6) is 0 Å². The van der Waals surface area contributed by atoms with Crippen LogP contribution in [0.1, 0.15) is 33.1 Å². The highest BCUT2D eigenvalue weighted by molar-refractivity contribution is 5.73. The number of hydrogen-bond donors (Lipinski definition) is 1. The van der Waals surface area contributed by atoms with Gasteiger partial charge in [-0.2, -0.15) is 0 Å². The zero-order chi connectivity index (χ0) is 10.1. The molecule has 0 amide bonds. The molecule has 1 aliphatic rings. The van der Waals surface area contributed by atoms with Crippen LogP contribution in [-0.4, -0.2) is 19.1 Å². The van der Waals surface area contributed by atoms with E-state index in [9.17, 15) is 4.79 Å². The lowest BCUT2D eigenvalue weighted by molar-refractivity contribution is -0.151. The largest absolute Gasteiger partial charge is 0.469 e. The highest BCUT2D eigenvalue weighted by Crippen LogP contribution is 2.40. The average molecular weight is 185 g/mol. The molecule has 0 spiro atoms. The Morgan fingerprint density at radius 1 is 1.46 bits per heavy atom. The Labute approximate surface area is 79.6 Å². The highest BCUT2D eigenvalue weighted by atomic mass is 16.5. The third-order valence-corrected chi connectivity index (χ3v) is 3.04. The molecule has 76 valence electrons. The molecule has 0 radical (unpaired) electrons. The Kier molecular flexibility index (Phi) is 2.96. The van der Waals surface area contributed by atoms with E-state index in [4.69, 9.17) is 10.5 Å². The number of ether oxygens (including phenoxy) is 1. The number of carbonyl (C=O) groups excluding carboxylic acids is 1. The van der Waals surface area contributed by atoms with Crippen molar-refractivity contribution in [2.75, 3.05) is 7.11 Å². The van der Waals surface area contributed by atoms with Crippen LogP contribution in [0.2, 0.25) is 0 Å². The van der Waals surface area contributed by atoms with Crippen molar-refractivity contribution in [3.05, 3.63) is 0 Å². The monoisotopic (exact) mass is 185 g/mol. The zero-order valence-corrected chi connectivity index (χ0v) is 8.67. The Morgan fingerprint density at radius 2 is 2.08 bits per heavy atom. The molecule has 3 nitrogen and oxygen atoms in total. The molecule has 1 rings (SSSR count). The number of rotatable bonds is 1. The van der Waals surface area contributed by atoms with Crippen molar-refractivity contribution in [3.63, 3.8) is 0 Å². The first-order valence-corrected chi connectivity index (χ1v) is 4.81. The van der Waals surface area contributed by atoms with Gasteiger partial charge in [0.25, 0.3) is 0 Å². The van der Waals surface area contributed by atoms with Crippen molar-refractivity contribution in [1.29, 1.82) is 0 Å². The maximum absolute atomic E-state index is 11.4. The molecule has 0 saturated heterocycles. The second-order valence-electron chi connectivity index (χ2n) is 4.61. The maximum Gasteiger partial charge on any atom is 0.309 e. The molecule has 1 fully saturated rings. The van der Waals surface area contributed by atoms with E-state index in [1.54, 1.807) is 0 Å². The molecule has 0 heterocycles. The lowest BCUT2D eigenvalue weighted by Crippen LogP contribution is -2.42. The molecular formula is C10H19NO2. The number of methoxy groups -OCH3 is 1. The predicted octanol–water partition coefficient (Wildman–Crippen LogP) is 1.31. The summed E-state index contributed by atoms with van der Waals surface area (Å²) in [6.45, 7) is 4.18. The number of carbonyl (C=O) groups is 1. The van der Waals surface area contributed by atoms with E-state index in [0.717, 1.165) is 19.3 Å². The smallest absolute Gasteiger partial charge is 0.309 e. The minimum absolute atomic E-state index is 0.00917. The average Bonchev–Trinajstić information content (AvgIpc) is 2.01. The standard InChI is InChI=1S/C10H19NO2/c1-10(2)6-7(11)4-5-8(10)9(12)13-3/h7-8H,4-6,11H2,1-3H3/t7-,8-/m1/s1. The molecule has 0 aromatic heterocycles. The molecule has 2 atom stereocenters. The van der Waals surface area contributed by atoms with Crippen LogP contribution in [-0.2, 0) is 9.53 Å². The Balaban J connectivity index is 2.69. The van der Waals surface area contributed by atoms with Crippen LogP contribution in [0.15, 0.2) is 0 Å². The summed E-state index contributed by atoms with van der Waals surface area (Å²) in [5, 5.41) is 0. The van der Waals surface area contributed by atoms with Crippen molar-refractivity contribution in [2.24, 2.45) is 17.1 Å². The van der Waals surface area contributed by atoms with Crippen molar-refractivity contribution in [3.8, 4) is 0 Å². The van der Waals surface area contributed by atoms with E-state index in [1.165, 1.54) is 7.11 Å². The summed E-state index contributed by atoms with van der Waals surface area (Å²) >= 11 is 0.